The van der Waals surface area contributed by atoms with Crippen LogP contribution in [0.3, 0.4) is 0 Å². The number of rotatable bonds is 7. The Morgan fingerprint density at radius 1 is 1.17 bits per heavy atom. The maximum Gasteiger partial charge on any atom is 0.347 e. The van der Waals surface area contributed by atoms with E-state index in [2.05, 4.69) is 5.32 Å². The third-order valence-electron chi connectivity index (χ3n) is 2.73. The first kappa shape index (κ1) is 18.7. The molecule has 0 spiro atoms. The van der Waals surface area contributed by atoms with E-state index >= 15 is 0 Å². The molecule has 0 bridgehead atoms. The van der Waals surface area contributed by atoms with E-state index in [4.69, 9.17) is 14.2 Å². The molecule has 0 radical (unpaired) electrons. The summed E-state index contributed by atoms with van der Waals surface area (Å²) in [5.74, 6) is -2.11. The minimum absolute atomic E-state index is 0.126. The standard InChI is InChI=1S/C15H19NO6S/c1-5-21-13(17)10(14(18)22-6-2)7-16-11-8-23-9(3)12(11)15(19)20-4/h7-8,16H,5-6H2,1-4H3. The molecule has 23 heavy (non-hydrogen) atoms. The van der Waals surface area contributed by atoms with Gasteiger partial charge in [-0.3, -0.25) is 0 Å². The highest BCUT2D eigenvalue weighted by atomic mass is 32.1. The average Bonchev–Trinajstić information content (AvgIpc) is 2.88. The van der Waals surface area contributed by atoms with Gasteiger partial charge in [0, 0.05) is 16.5 Å². The molecule has 126 valence electrons. The van der Waals surface area contributed by atoms with Gasteiger partial charge in [-0.1, -0.05) is 0 Å². The van der Waals surface area contributed by atoms with Crippen LogP contribution in [0.4, 0.5) is 5.69 Å². The van der Waals surface area contributed by atoms with Gasteiger partial charge in [0.25, 0.3) is 0 Å². The van der Waals surface area contributed by atoms with E-state index in [1.807, 2.05) is 0 Å². The molecule has 8 heteroatoms. The molecular formula is C15H19NO6S. The van der Waals surface area contributed by atoms with Crippen molar-refractivity contribution in [2.75, 3.05) is 25.6 Å². The number of hydrogen-bond donors (Lipinski definition) is 1. The van der Waals surface area contributed by atoms with Crippen molar-refractivity contribution >= 4 is 34.9 Å². The van der Waals surface area contributed by atoms with Crippen molar-refractivity contribution in [3.8, 4) is 0 Å². The number of hydrogen-bond acceptors (Lipinski definition) is 8. The highest BCUT2D eigenvalue weighted by Crippen LogP contribution is 2.27. The molecular weight excluding hydrogens is 322 g/mol. The Labute approximate surface area is 138 Å². The third kappa shape index (κ3) is 4.82. The van der Waals surface area contributed by atoms with Crippen molar-refractivity contribution in [2.45, 2.75) is 20.8 Å². The van der Waals surface area contributed by atoms with Gasteiger partial charge in [-0.15, -0.1) is 11.3 Å². The van der Waals surface area contributed by atoms with E-state index in [-0.39, 0.29) is 18.8 Å². The first-order chi connectivity index (χ1) is 11.0. The predicted octanol–water partition coefficient (Wildman–Crippen LogP) is 2.27. The quantitative estimate of drug-likeness (QED) is 0.267. The van der Waals surface area contributed by atoms with Crippen LogP contribution in [0.5, 0.6) is 0 Å². The number of thiophene rings is 1. The fourth-order valence-electron chi connectivity index (χ4n) is 1.69. The second-order valence-corrected chi connectivity index (χ2v) is 5.30. The van der Waals surface area contributed by atoms with Gasteiger partial charge in [-0.2, -0.15) is 0 Å². The minimum atomic E-state index is -0.801. The molecule has 1 N–H and O–H groups in total. The van der Waals surface area contributed by atoms with Gasteiger partial charge >= 0.3 is 17.9 Å². The molecule has 0 amide bonds. The second kappa shape index (κ2) is 8.94. The second-order valence-electron chi connectivity index (χ2n) is 4.22. The van der Waals surface area contributed by atoms with Crippen LogP contribution >= 0.6 is 11.3 Å². The van der Waals surface area contributed by atoms with Crippen LogP contribution in [0.2, 0.25) is 0 Å². The minimum Gasteiger partial charge on any atom is -0.465 e. The first-order valence-electron chi connectivity index (χ1n) is 6.93. The number of nitrogens with one attached hydrogen (secondary N) is 1. The molecule has 0 aliphatic carbocycles. The molecule has 0 aliphatic rings. The summed E-state index contributed by atoms with van der Waals surface area (Å²) in [4.78, 5) is 36.2. The number of anilines is 1. The van der Waals surface area contributed by atoms with Gasteiger partial charge in [-0.25, -0.2) is 14.4 Å². The number of carbonyl (C=O) groups is 3. The van der Waals surface area contributed by atoms with E-state index in [1.54, 1.807) is 26.2 Å². The lowest BCUT2D eigenvalue weighted by Gasteiger charge is -2.08. The molecule has 1 rings (SSSR count). The zero-order valence-electron chi connectivity index (χ0n) is 13.4. The maximum absolute atomic E-state index is 11.8. The number of ether oxygens (including phenoxy) is 3. The van der Waals surface area contributed by atoms with Crippen LogP contribution < -0.4 is 5.32 Å². The van der Waals surface area contributed by atoms with Crippen molar-refractivity contribution in [3.63, 3.8) is 0 Å². The molecule has 0 unspecified atom stereocenters. The van der Waals surface area contributed by atoms with Gasteiger partial charge in [-0.05, 0) is 20.8 Å². The van der Waals surface area contributed by atoms with Gasteiger partial charge < -0.3 is 19.5 Å². The molecule has 0 aromatic carbocycles. The number of aryl methyl sites for hydroxylation is 1. The van der Waals surface area contributed by atoms with Crippen LogP contribution in [-0.4, -0.2) is 38.2 Å². The highest BCUT2D eigenvalue weighted by Gasteiger charge is 2.22. The zero-order valence-corrected chi connectivity index (χ0v) is 14.2. The molecule has 0 atom stereocenters. The number of methoxy groups -OCH3 is 1. The lowest BCUT2D eigenvalue weighted by Crippen LogP contribution is -2.19. The fraction of sp³-hybridized carbons (Fsp3) is 0.400. The van der Waals surface area contributed by atoms with Gasteiger partial charge in [0.15, 0.2) is 5.57 Å². The summed E-state index contributed by atoms with van der Waals surface area (Å²) < 4.78 is 14.4. The molecule has 7 nitrogen and oxygen atoms in total. The van der Waals surface area contributed by atoms with Crippen LogP contribution in [0.15, 0.2) is 17.2 Å². The van der Waals surface area contributed by atoms with Gasteiger partial charge in [0.05, 0.1) is 31.6 Å². The zero-order chi connectivity index (χ0) is 17.4. The number of carbonyl (C=O) groups excluding carboxylic acids is 3. The van der Waals surface area contributed by atoms with Crippen LogP contribution in [0.25, 0.3) is 0 Å². The Hall–Kier alpha value is -2.35. The normalized spacial score (nSPS) is 9.74. The SMILES string of the molecule is CCOC(=O)C(=CNc1csc(C)c1C(=O)OC)C(=O)OCC. The monoisotopic (exact) mass is 341 g/mol. The van der Waals surface area contributed by atoms with Gasteiger partial charge in [0.2, 0.25) is 0 Å². The molecule has 1 heterocycles. The maximum atomic E-state index is 11.8. The van der Waals surface area contributed by atoms with E-state index in [0.29, 0.717) is 11.3 Å². The summed E-state index contributed by atoms with van der Waals surface area (Å²) in [7, 11) is 1.28. The van der Waals surface area contributed by atoms with E-state index < -0.39 is 17.9 Å². The Bertz CT molecular complexity index is 599. The van der Waals surface area contributed by atoms with Gasteiger partial charge in [0.1, 0.15) is 0 Å². The molecule has 1 aromatic rings. The Morgan fingerprint density at radius 2 is 1.74 bits per heavy atom. The highest BCUT2D eigenvalue weighted by molar-refractivity contribution is 7.10. The fourth-order valence-corrected chi connectivity index (χ4v) is 2.48. The molecule has 0 aliphatic heterocycles. The molecule has 0 saturated carbocycles. The van der Waals surface area contributed by atoms with E-state index in [9.17, 15) is 14.4 Å². The largest absolute Gasteiger partial charge is 0.465 e. The predicted molar refractivity (Wildman–Crippen MR) is 85.4 cm³/mol. The molecule has 0 fully saturated rings. The lowest BCUT2D eigenvalue weighted by molar-refractivity contribution is -0.146. The average molecular weight is 341 g/mol. The number of esters is 3. The third-order valence-corrected chi connectivity index (χ3v) is 3.64. The Kier molecular flexibility index (Phi) is 7.27. The molecule has 0 saturated heterocycles. The summed E-state index contributed by atoms with van der Waals surface area (Å²) in [5.41, 5.74) is 0.500. The van der Waals surface area contributed by atoms with Crippen molar-refractivity contribution in [1.82, 2.24) is 0 Å². The lowest BCUT2D eigenvalue weighted by atomic mass is 10.2. The summed E-state index contributed by atoms with van der Waals surface area (Å²) >= 11 is 1.34. The van der Waals surface area contributed by atoms with Crippen molar-refractivity contribution in [3.05, 3.63) is 27.6 Å². The topological polar surface area (TPSA) is 90.9 Å². The summed E-state index contributed by atoms with van der Waals surface area (Å²) in [5, 5.41) is 4.46. The van der Waals surface area contributed by atoms with Crippen LogP contribution in [-0.2, 0) is 23.8 Å². The smallest absolute Gasteiger partial charge is 0.347 e. The first-order valence-corrected chi connectivity index (χ1v) is 7.81. The van der Waals surface area contributed by atoms with Crippen molar-refractivity contribution in [2.24, 2.45) is 0 Å². The van der Waals surface area contributed by atoms with E-state index in [0.717, 1.165) is 4.88 Å². The van der Waals surface area contributed by atoms with Crippen molar-refractivity contribution in [1.29, 1.82) is 0 Å². The Morgan fingerprint density at radius 3 is 2.22 bits per heavy atom. The van der Waals surface area contributed by atoms with Crippen LogP contribution in [0, 0.1) is 6.92 Å². The summed E-state index contributed by atoms with van der Waals surface area (Å²) in [6.45, 7) is 5.28. The Balaban J connectivity index is 3.08. The summed E-state index contributed by atoms with van der Waals surface area (Å²) in [6.07, 6.45) is 1.17. The van der Waals surface area contributed by atoms with Crippen LogP contribution in [0.1, 0.15) is 29.1 Å². The summed E-state index contributed by atoms with van der Waals surface area (Å²) in [6, 6.07) is 0. The van der Waals surface area contributed by atoms with Crippen molar-refractivity contribution < 1.29 is 28.6 Å². The molecule has 1 aromatic heterocycles. The van der Waals surface area contributed by atoms with E-state index in [1.165, 1.54) is 24.6 Å².